The normalized spacial score (nSPS) is 11.5. The number of thiol groups is 1. The molecule has 0 atom stereocenters. The Labute approximate surface area is 111 Å². The van der Waals surface area contributed by atoms with E-state index in [1.807, 2.05) is 12.1 Å². The zero-order chi connectivity index (χ0) is 12.8. The minimum Gasteiger partial charge on any atom is -0.384 e. The van der Waals surface area contributed by atoms with Gasteiger partial charge in [-0.05, 0) is 52.0 Å². The summed E-state index contributed by atoms with van der Waals surface area (Å²) in [5.41, 5.74) is 1.16. The molecule has 1 aromatic carbocycles. The Morgan fingerprint density at radius 1 is 1.06 bits per heavy atom. The van der Waals surface area contributed by atoms with Gasteiger partial charge in [0.15, 0.2) is 0 Å². The monoisotopic (exact) mass is 252 g/mol. The Hall–Kier alpha value is -0.670. The van der Waals surface area contributed by atoms with Crippen LogP contribution in [0, 0.1) is 0 Å². The molecule has 0 aliphatic rings. The predicted molar refractivity (Wildman–Crippen MR) is 79.2 cm³/mol. The summed E-state index contributed by atoms with van der Waals surface area (Å²) < 4.78 is 0. The molecule has 0 radical (unpaired) electrons. The molecule has 17 heavy (non-hydrogen) atoms. The predicted octanol–water partition coefficient (Wildman–Crippen LogP) is 3.51. The van der Waals surface area contributed by atoms with Crippen LogP contribution in [0.4, 0.5) is 5.69 Å². The molecule has 0 saturated carbocycles. The first-order chi connectivity index (χ1) is 8.00. The minimum atomic E-state index is 0.594. The Balaban J connectivity index is 2.38. The summed E-state index contributed by atoms with van der Waals surface area (Å²) in [6.45, 7) is 11.0. The van der Waals surface area contributed by atoms with Gasteiger partial charge in [0.25, 0.3) is 0 Å². The highest BCUT2D eigenvalue weighted by Gasteiger charge is 2.11. The van der Waals surface area contributed by atoms with Gasteiger partial charge in [0.05, 0.1) is 0 Å². The highest BCUT2D eigenvalue weighted by Crippen LogP contribution is 2.12. The number of hydrogen-bond acceptors (Lipinski definition) is 3. The zero-order valence-electron chi connectivity index (χ0n) is 11.3. The molecule has 0 heterocycles. The maximum absolute atomic E-state index is 4.27. The van der Waals surface area contributed by atoms with Crippen LogP contribution in [0.25, 0.3) is 0 Å². The Kier molecular flexibility index (Phi) is 5.86. The average molecular weight is 252 g/mol. The summed E-state index contributed by atoms with van der Waals surface area (Å²) in [4.78, 5) is 3.49. The molecule has 0 aliphatic carbocycles. The summed E-state index contributed by atoms with van der Waals surface area (Å²) in [7, 11) is 0. The number of benzene rings is 1. The lowest BCUT2D eigenvalue weighted by Gasteiger charge is -2.30. The molecular formula is C14H24N2S. The smallest absolute Gasteiger partial charge is 0.0341 e. The van der Waals surface area contributed by atoms with Gasteiger partial charge in [-0.1, -0.05) is 0 Å². The van der Waals surface area contributed by atoms with Crippen LogP contribution in [0.1, 0.15) is 27.7 Å². The van der Waals surface area contributed by atoms with Crippen LogP contribution in [0.15, 0.2) is 29.2 Å². The van der Waals surface area contributed by atoms with E-state index in [-0.39, 0.29) is 0 Å². The van der Waals surface area contributed by atoms with Gasteiger partial charge in [0.2, 0.25) is 0 Å². The van der Waals surface area contributed by atoms with Crippen molar-refractivity contribution in [2.24, 2.45) is 0 Å². The minimum absolute atomic E-state index is 0.594. The first kappa shape index (κ1) is 14.4. The second kappa shape index (κ2) is 6.92. The van der Waals surface area contributed by atoms with Gasteiger partial charge in [0, 0.05) is 35.8 Å². The fourth-order valence-electron chi connectivity index (χ4n) is 2.02. The van der Waals surface area contributed by atoms with E-state index in [1.54, 1.807) is 0 Å². The van der Waals surface area contributed by atoms with E-state index in [2.05, 4.69) is 62.7 Å². The van der Waals surface area contributed by atoms with Crippen molar-refractivity contribution >= 4 is 18.3 Å². The van der Waals surface area contributed by atoms with Crippen LogP contribution in [-0.2, 0) is 0 Å². The molecule has 0 unspecified atom stereocenters. The molecular weight excluding hydrogens is 228 g/mol. The van der Waals surface area contributed by atoms with Gasteiger partial charge < -0.3 is 5.32 Å². The summed E-state index contributed by atoms with van der Waals surface area (Å²) >= 11 is 4.27. The van der Waals surface area contributed by atoms with Crippen LogP contribution in [0.3, 0.4) is 0 Å². The van der Waals surface area contributed by atoms with Crippen LogP contribution in [-0.4, -0.2) is 30.1 Å². The number of hydrogen-bond donors (Lipinski definition) is 2. The summed E-state index contributed by atoms with van der Waals surface area (Å²) in [5, 5.41) is 3.44. The van der Waals surface area contributed by atoms with E-state index < -0.39 is 0 Å². The highest BCUT2D eigenvalue weighted by atomic mass is 32.1. The summed E-state index contributed by atoms with van der Waals surface area (Å²) in [6.07, 6.45) is 0. The first-order valence-electron chi connectivity index (χ1n) is 6.29. The van der Waals surface area contributed by atoms with E-state index in [0.29, 0.717) is 12.1 Å². The molecule has 96 valence electrons. The lowest BCUT2D eigenvalue weighted by molar-refractivity contribution is 0.182. The third-order valence-corrected chi connectivity index (χ3v) is 3.19. The molecule has 1 aromatic rings. The lowest BCUT2D eigenvalue weighted by Crippen LogP contribution is -2.40. The largest absolute Gasteiger partial charge is 0.384 e. The van der Waals surface area contributed by atoms with Gasteiger partial charge in [-0.2, -0.15) is 0 Å². The molecule has 1 rings (SSSR count). The van der Waals surface area contributed by atoms with Crippen LogP contribution >= 0.6 is 12.6 Å². The number of nitrogens with one attached hydrogen (secondary N) is 1. The van der Waals surface area contributed by atoms with Gasteiger partial charge >= 0.3 is 0 Å². The molecule has 0 fully saturated rings. The lowest BCUT2D eigenvalue weighted by atomic mass is 10.2. The van der Waals surface area contributed by atoms with Crippen molar-refractivity contribution in [1.29, 1.82) is 0 Å². The van der Waals surface area contributed by atoms with Crippen molar-refractivity contribution in [3.05, 3.63) is 24.3 Å². The maximum Gasteiger partial charge on any atom is 0.0341 e. The van der Waals surface area contributed by atoms with Crippen molar-refractivity contribution in [3.8, 4) is 0 Å². The number of rotatable bonds is 6. The van der Waals surface area contributed by atoms with Crippen molar-refractivity contribution in [2.45, 2.75) is 44.7 Å². The second-order valence-corrected chi connectivity index (χ2v) is 5.42. The molecule has 1 N–H and O–H groups in total. The third-order valence-electron chi connectivity index (χ3n) is 2.89. The van der Waals surface area contributed by atoms with E-state index in [1.165, 1.54) is 0 Å². The summed E-state index contributed by atoms with van der Waals surface area (Å²) in [5.74, 6) is 0. The molecule has 0 aromatic heterocycles. The topological polar surface area (TPSA) is 15.3 Å². The molecule has 0 saturated heterocycles. The quantitative estimate of drug-likeness (QED) is 0.753. The molecule has 2 nitrogen and oxygen atoms in total. The molecule has 0 amide bonds. The van der Waals surface area contributed by atoms with Crippen LogP contribution < -0.4 is 5.32 Å². The Morgan fingerprint density at radius 2 is 1.59 bits per heavy atom. The van der Waals surface area contributed by atoms with E-state index in [4.69, 9.17) is 0 Å². The van der Waals surface area contributed by atoms with Crippen LogP contribution in [0.5, 0.6) is 0 Å². The standard InChI is InChI=1S/C14H24N2S/c1-11(2)16(12(3)4)10-9-15-13-5-7-14(17)8-6-13/h5-8,11-12,15,17H,9-10H2,1-4H3. The maximum atomic E-state index is 4.27. The Bertz CT molecular complexity index is 311. The fourth-order valence-corrected chi connectivity index (χ4v) is 2.17. The Morgan fingerprint density at radius 3 is 2.06 bits per heavy atom. The van der Waals surface area contributed by atoms with Crippen LogP contribution in [0.2, 0.25) is 0 Å². The average Bonchev–Trinajstić information content (AvgIpc) is 2.25. The number of anilines is 1. The SMILES string of the molecule is CC(C)N(CCNc1ccc(S)cc1)C(C)C. The second-order valence-electron chi connectivity index (χ2n) is 4.90. The van der Waals surface area contributed by atoms with Crippen molar-refractivity contribution in [3.63, 3.8) is 0 Å². The van der Waals surface area contributed by atoms with Crippen molar-refractivity contribution in [2.75, 3.05) is 18.4 Å². The molecule has 0 bridgehead atoms. The summed E-state index contributed by atoms with van der Waals surface area (Å²) in [6, 6.07) is 9.34. The van der Waals surface area contributed by atoms with E-state index >= 15 is 0 Å². The zero-order valence-corrected chi connectivity index (χ0v) is 12.2. The molecule has 0 aliphatic heterocycles. The van der Waals surface area contributed by atoms with Gasteiger partial charge in [0.1, 0.15) is 0 Å². The van der Waals surface area contributed by atoms with Crippen molar-refractivity contribution in [1.82, 2.24) is 4.90 Å². The van der Waals surface area contributed by atoms with Gasteiger partial charge in [-0.15, -0.1) is 12.6 Å². The first-order valence-corrected chi connectivity index (χ1v) is 6.74. The van der Waals surface area contributed by atoms with Crippen molar-refractivity contribution < 1.29 is 0 Å². The van der Waals surface area contributed by atoms with Gasteiger partial charge in [-0.25, -0.2) is 0 Å². The van der Waals surface area contributed by atoms with Gasteiger partial charge in [-0.3, -0.25) is 4.90 Å². The van der Waals surface area contributed by atoms with E-state index in [0.717, 1.165) is 23.7 Å². The number of nitrogens with zero attached hydrogens (tertiary/aromatic N) is 1. The highest BCUT2D eigenvalue weighted by molar-refractivity contribution is 7.80. The molecule has 0 spiro atoms. The third kappa shape index (κ3) is 5.00. The fraction of sp³-hybridized carbons (Fsp3) is 0.571. The molecule has 3 heteroatoms. The van der Waals surface area contributed by atoms with E-state index in [9.17, 15) is 0 Å².